The van der Waals surface area contributed by atoms with Gasteiger partial charge in [-0.2, -0.15) is 0 Å². The largest absolute Gasteiger partial charge is 0.395 e. The van der Waals surface area contributed by atoms with E-state index in [1.807, 2.05) is 13.8 Å². The molecule has 0 saturated heterocycles. The molecule has 0 aliphatic carbocycles. The lowest BCUT2D eigenvalue weighted by molar-refractivity contribution is 0.242. The van der Waals surface area contributed by atoms with Crippen LogP contribution in [-0.2, 0) is 0 Å². The van der Waals surface area contributed by atoms with Crippen LogP contribution in [0.3, 0.4) is 0 Å². The van der Waals surface area contributed by atoms with Crippen LogP contribution >= 0.6 is 15.9 Å². The molecule has 1 aromatic carbocycles. The minimum Gasteiger partial charge on any atom is -0.395 e. The Morgan fingerprint density at radius 3 is 2.67 bits per heavy atom. The van der Waals surface area contributed by atoms with E-state index in [0.717, 1.165) is 4.47 Å². The third-order valence-corrected chi connectivity index (χ3v) is 2.73. The second-order valence-corrected chi connectivity index (χ2v) is 4.55. The van der Waals surface area contributed by atoms with Gasteiger partial charge in [0.2, 0.25) is 0 Å². The average Bonchev–Trinajstić information content (AvgIpc) is 2.17. The van der Waals surface area contributed by atoms with Gasteiger partial charge in [0.1, 0.15) is 5.82 Å². The first-order valence-corrected chi connectivity index (χ1v) is 5.65. The normalized spacial score (nSPS) is 15.0. The van der Waals surface area contributed by atoms with Crippen molar-refractivity contribution in [2.75, 3.05) is 6.61 Å². The maximum atomic E-state index is 13.5. The van der Waals surface area contributed by atoms with Gasteiger partial charge in [0, 0.05) is 22.1 Å². The van der Waals surface area contributed by atoms with Crippen LogP contribution in [0, 0.1) is 5.82 Å². The van der Waals surface area contributed by atoms with Crippen molar-refractivity contribution in [3.8, 4) is 0 Å². The van der Waals surface area contributed by atoms with Crippen LogP contribution < -0.4 is 5.32 Å². The van der Waals surface area contributed by atoms with Crippen molar-refractivity contribution in [2.45, 2.75) is 25.9 Å². The van der Waals surface area contributed by atoms with Gasteiger partial charge in [0.25, 0.3) is 0 Å². The molecular formula is C11H15BrFNO. The van der Waals surface area contributed by atoms with Gasteiger partial charge < -0.3 is 10.4 Å². The molecule has 2 atom stereocenters. The van der Waals surface area contributed by atoms with E-state index in [1.165, 1.54) is 6.07 Å². The maximum absolute atomic E-state index is 13.5. The number of hydrogen-bond donors (Lipinski definition) is 2. The molecule has 2 N–H and O–H groups in total. The molecule has 0 saturated carbocycles. The van der Waals surface area contributed by atoms with Gasteiger partial charge in [-0.3, -0.25) is 0 Å². The Morgan fingerprint density at radius 1 is 1.47 bits per heavy atom. The molecule has 0 bridgehead atoms. The van der Waals surface area contributed by atoms with Crippen LogP contribution in [0.4, 0.5) is 4.39 Å². The lowest BCUT2D eigenvalue weighted by Crippen LogP contribution is -2.32. The molecule has 84 valence electrons. The van der Waals surface area contributed by atoms with Crippen molar-refractivity contribution in [3.63, 3.8) is 0 Å². The first kappa shape index (κ1) is 12.6. The third kappa shape index (κ3) is 3.55. The van der Waals surface area contributed by atoms with Crippen LogP contribution in [-0.4, -0.2) is 17.8 Å². The van der Waals surface area contributed by atoms with E-state index in [1.54, 1.807) is 12.1 Å². The molecule has 0 aliphatic rings. The summed E-state index contributed by atoms with van der Waals surface area (Å²) in [5, 5.41) is 12.0. The summed E-state index contributed by atoms with van der Waals surface area (Å²) in [5.41, 5.74) is 0.610. The van der Waals surface area contributed by atoms with E-state index >= 15 is 0 Å². The van der Waals surface area contributed by atoms with Gasteiger partial charge in [-0.1, -0.05) is 22.0 Å². The van der Waals surface area contributed by atoms with E-state index in [-0.39, 0.29) is 24.5 Å². The Labute approximate surface area is 97.6 Å². The molecule has 2 nitrogen and oxygen atoms in total. The minimum absolute atomic E-state index is 0.0388. The number of rotatable bonds is 4. The lowest BCUT2D eigenvalue weighted by atomic mass is 10.1. The first-order chi connectivity index (χ1) is 7.04. The molecule has 0 spiro atoms. The van der Waals surface area contributed by atoms with Gasteiger partial charge in [0.15, 0.2) is 0 Å². The summed E-state index contributed by atoms with van der Waals surface area (Å²) in [5.74, 6) is -0.241. The SMILES string of the molecule is C[C@H](N[C@@H](C)CO)c1ccc(Br)cc1F. The predicted molar refractivity (Wildman–Crippen MR) is 62.2 cm³/mol. The fraction of sp³-hybridized carbons (Fsp3) is 0.455. The Balaban J connectivity index is 2.77. The molecule has 0 fully saturated rings. The molecule has 0 unspecified atom stereocenters. The highest BCUT2D eigenvalue weighted by Crippen LogP contribution is 2.21. The summed E-state index contributed by atoms with van der Waals surface area (Å²) in [6, 6.07) is 4.83. The van der Waals surface area contributed by atoms with Crippen LogP contribution in [0.5, 0.6) is 0 Å². The number of benzene rings is 1. The number of aliphatic hydroxyl groups excluding tert-OH is 1. The second-order valence-electron chi connectivity index (χ2n) is 3.64. The highest BCUT2D eigenvalue weighted by Gasteiger charge is 2.12. The van der Waals surface area contributed by atoms with Gasteiger partial charge in [-0.25, -0.2) is 4.39 Å². The Kier molecular flexibility index (Phi) is 4.70. The van der Waals surface area contributed by atoms with Crippen molar-refractivity contribution < 1.29 is 9.50 Å². The van der Waals surface area contributed by atoms with Gasteiger partial charge in [-0.15, -0.1) is 0 Å². The van der Waals surface area contributed by atoms with Crippen molar-refractivity contribution >= 4 is 15.9 Å². The number of halogens is 2. The van der Waals surface area contributed by atoms with Gasteiger partial charge in [0.05, 0.1) is 6.61 Å². The molecule has 0 aliphatic heterocycles. The maximum Gasteiger partial charge on any atom is 0.129 e. The fourth-order valence-corrected chi connectivity index (χ4v) is 1.76. The van der Waals surface area contributed by atoms with Crippen molar-refractivity contribution in [3.05, 3.63) is 34.1 Å². The van der Waals surface area contributed by atoms with E-state index in [9.17, 15) is 4.39 Å². The summed E-state index contributed by atoms with van der Waals surface area (Å²) in [4.78, 5) is 0. The molecule has 0 radical (unpaired) electrons. The molecule has 0 aromatic heterocycles. The summed E-state index contributed by atoms with van der Waals surface area (Å²) < 4.78 is 14.3. The minimum atomic E-state index is -0.241. The number of nitrogens with one attached hydrogen (secondary N) is 1. The summed E-state index contributed by atoms with van der Waals surface area (Å²) in [6.45, 7) is 3.77. The molecule has 15 heavy (non-hydrogen) atoms. The molecule has 0 heterocycles. The standard InChI is InChI=1S/C11H15BrFNO/c1-7(6-15)14-8(2)10-4-3-9(12)5-11(10)13/h3-5,7-8,14-15H,6H2,1-2H3/t7-,8-/m0/s1. The smallest absolute Gasteiger partial charge is 0.129 e. The zero-order valence-corrected chi connectivity index (χ0v) is 10.4. The summed E-state index contributed by atoms with van der Waals surface area (Å²) in [7, 11) is 0. The van der Waals surface area contributed by atoms with E-state index < -0.39 is 0 Å². The van der Waals surface area contributed by atoms with E-state index in [0.29, 0.717) is 5.56 Å². The molecule has 1 rings (SSSR count). The lowest BCUT2D eigenvalue weighted by Gasteiger charge is -2.19. The number of hydrogen-bond acceptors (Lipinski definition) is 2. The van der Waals surface area contributed by atoms with Gasteiger partial charge in [-0.05, 0) is 26.0 Å². The fourth-order valence-electron chi connectivity index (χ4n) is 1.42. The molecule has 4 heteroatoms. The summed E-state index contributed by atoms with van der Waals surface area (Å²) in [6.07, 6.45) is 0. The zero-order valence-electron chi connectivity index (χ0n) is 8.80. The van der Waals surface area contributed by atoms with Crippen LogP contribution in [0.25, 0.3) is 0 Å². The highest BCUT2D eigenvalue weighted by atomic mass is 79.9. The van der Waals surface area contributed by atoms with Crippen molar-refractivity contribution in [1.29, 1.82) is 0 Å². The van der Waals surface area contributed by atoms with E-state index in [4.69, 9.17) is 5.11 Å². The molecule has 1 aromatic rings. The molecule has 0 amide bonds. The zero-order chi connectivity index (χ0) is 11.4. The topological polar surface area (TPSA) is 32.3 Å². The van der Waals surface area contributed by atoms with Gasteiger partial charge >= 0.3 is 0 Å². The van der Waals surface area contributed by atoms with Crippen LogP contribution in [0.2, 0.25) is 0 Å². The molecular weight excluding hydrogens is 261 g/mol. The van der Waals surface area contributed by atoms with Crippen molar-refractivity contribution in [1.82, 2.24) is 5.32 Å². The Bertz CT molecular complexity index is 332. The number of aliphatic hydroxyl groups is 1. The Morgan fingerprint density at radius 2 is 2.13 bits per heavy atom. The van der Waals surface area contributed by atoms with Crippen LogP contribution in [0.1, 0.15) is 25.5 Å². The van der Waals surface area contributed by atoms with E-state index in [2.05, 4.69) is 21.2 Å². The summed E-state index contributed by atoms with van der Waals surface area (Å²) >= 11 is 3.21. The predicted octanol–water partition coefficient (Wildman–Crippen LogP) is 2.62. The first-order valence-electron chi connectivity index (χ1n) is 4.86. The highest BCUT2D eigenvalue weighted by molar-refractivity contribution is 9.10. The Hall–Kier alpha value is -0.450. The van der Waals surface area contributed by atoms with Crippen molar-refractivity contribution in [2.24, 2.45) is 0 Å². The monoisotopic (exact) mass is 275 g/mol. The quantitative estimate of drug-likeness (QED) is 0.886. The second kappa shape index (κ2) is 5.58. The third-order valence-electron chi connectivity index (χ3n) is 2.24. The van der Waals surface area contributed by atoms with Crippen LogP contribution in [0.15, 0.2) is 22.7 Å². The average molecular weight is 276 g/mol.